The fourth-order valence-electron chi connectivity index (χ4n) is 1.74. The first-order chi connectivity index (χ1) is 7.74. The van der Waals surface area contributed by atoms with Gasteiger partial charge in [-0.1, -0.05) is 12.1 Å². The quantitative estimate of drug-likeness (QED) is 0.759. The van der Waals surface area contributed by atoms with Gasteiger partial charge in [0.25, 0.3) is 0 Å². The van der Waals surface area contributed by atoms with Crippen molar-refractivity contribution in [3.8, 4) is 0 Å². The second kappa shape index (κ2) is 5.11. The monoisotopic (exact) mass is 249 g/mol. The molecule has 1 aromatic carbocycles. The number of fused-ring (bicyclic) bond motifs is 1. The third-order valence-corrected chi connectivity index (χ3v) is 3.85. The number of aromatic nitrogens is 1. The van der Waals surface area contributed by atoms with Gasteiger partial charge in [0.15, 0.2) is 0 Å². The van der Waals surface area contributed by atoms with E-state index < -0.39 is 0 Å². The first-order valence-electron chi connectivity index (χ1n) is 5.18. The van der Waals surface area contributed by atoms with Crippen LogP contribution in [-0.4, -0.2) is 17.5 Å². The number of benzene rings is 1. The van der Waals surface area contributed by atoms with E-state index in [0.29, 0.717) is 0 Å². The summed E-state index contributed by atoms with van der Waals surface area (Å²) in [4.78, 5) is 4.72. The van der Waals surface area contributed by atoms with E-state index in [9.17, 15) is 0 Å². The average molecular weight is 249 g/mol. The molecule has 0 N–H and O–H groups in total. The van der Waals surface area contributed by atoms with Crippen molar-refractivity contribution in [2.24, 2.45) is 0 Å². The van der Waals surface area contributed by atoms with Crippen molar-refractivity contribution in [2.75, 3.05) is 12.5 Å². The Morgan fingerprint density at radius 3 is 2.69 bits per heavy atom. The van der Waals surface area contributed by atoms with Crippen LogP contribution < -0.4 is 0 Å². The van der Waals surface area contributed by atoms with Crippen LogP contribution in [-0.2, 0) is 5.75 Å². The molecule has 1 nitrogen and oxygen atoms in total. The number of nitrogens with zero attached hydrogens (tertiary/aromatic N) is 1. The Morgan fingerprint density at radius 2 is 2.00 bits per heavy atom. The Kier molecular flexibility index (Phi) is 3.77. The summed E-state index contributed by atoms with van der Waals surface area (Å²) in [6, 6.07) is 8.72. The maximum absolute atomic E-state index is 4.72. The third-order valence-electron chi connectivity index (χ3n) is 2.51. The molecule has 16 heavy (non-hydrogen) atoms. The van der Waals surface area contributed by atoms with Crippen LogP contribution in [0, 0.1) is 6.92 Å². The number of rotatable bonds is 3. The summed E-state index contributed by atoms with van der Waals surface area (Å²) in [7, 11) is 0. The van der Waals surface area contributed by atoms with Crippen LogP contribution >= 0.6 is 23.5 Å². The maximum Gasteiger partial charge on any atom is 0.100 e. The zero-order valence-electron chi connectivity index (χ0n) is 9.78. The van der Waals surface area contributed by atoms with Gasteiger partial charge in [-0.05, 0) is 42.7 Å². The van der Waals surface area contributed by atoms with Gasteiger partial charge < -0.3 is 0 Å². The molecule has 0 saturated carbocycles. The van der Waals surface area contributed by atoms with Crippen molar-refractivity contribution in [3.63, 3.8) is 0 Å². The van der Waals surface area contributed by atoms with Gasteiger partial charge in [0, 0.05) is 11.1 Å². The average Bonchev–Trinajstić information content (AvgIpc) is 2.29. The van der Waals surface area contributed by atoms with E-state index in [1.807, 2.05) is 11.8 Å². The molecule has 0 aliphatic rings. The highest BCUT2D eigenvalue weighted by molar-refractivity contribution is 7.99. The molecule has 1 aromatic heterocycles. The molecule has 0 amide bonds. The summed E-state index contributed by atoms with van der Waals surface area (Å²) < 4.78 is 0. The van der Waals surface area contributed by atoms with E-state index in [2.05, 4.69) is 43.7 Å². The Hall–Kier alpha value is -0.670. The molecule has 3 heteroatoms. The predicted octanol–water partition coefficient (Wildman–Crippen LogP) is 4.13. The Bertz CT molecular complexity index is 509. The van der Waals surface area contributed by atoms with E-state index in [0.717, 1.165) is 16.3 Å². The molecule has 0 bridgehead atoms. The Balaban J connectivity index is 2.60. The van der Waals surface area contributed by atoms with Gasteiger partial charge in [-0.25, -0.2) is 4.98 Å². The van der Waals surface area contributed by atoms with Crippen LogP contribution in [0.5, 0.6) is 0 Å². The highest BCUT2D eigenvalue weighted by Gasteiger charge is 2.05. The van der Waals surface area contributed by atoms with E-state index >= 15 is 0 Å². The van der Waals surface area contributed by atoms with Crippen molar-refractivity contribution in [3.05, 3.63) is 35.4 Å². The summed E-state index contributed by atoms with van der Waals surface area (Å²) in [5, 5.41) is 2.40. The van der Waals surface area contributed by atoms with Crippen molar-refractivity contribution >= 4 is 34.4 Å². The zero-order chi connectivity index (χ0) is 11.5. The maximum atomic E-state index is 4.72. The number of pyridine rings is 1. The first kappa shape index (κ1) is 11.8. The van der Waals surface area contributed by atoms with Gasteiger partial charge >= 0.3 is 0 Å². The topological polar surface area (TPSA) is 12.9 Å². The third kappa shape index (κ3) is 2.36. The number of thioether (sulfide) groups is 2. The van der Waals surface area contributed by atoms with Gasteiger partial charge in [-0.3, -0.25) is 0 Å². The highest BCUT2D eigenvalue weighted by Crippen LogP contribution is 2.26. The molecule has 84 valence electrons. The molecule has 0 aliphatic carbocycles. The molecular formula is C13H15NS2. The molecule has 0 unspecified atom stereocenters. The van der Waals surface area contributed by atoms with Gasteiger partial charge in [0.05, 0.1) is 5.52 Å². The van der Waals surface area contributed by atoms with Crippen molar-refractivity contribution in [2.45, 2.75) is 17.7 Å². The summed E-state index contributed by atoms with van der Waals surface area (Å²) in [6.07, 6.45) is 4.22. The van der Waals surface area contributed by atoms with Crippen molar-refractivity contribution in [1.29, 1.82) is 0 Å². The largest absolute Gasteiger partial charge is 0.241 e. The lowest BCUT2D eigenvalue weighted by Crippen LogP contribution is -1.91. The molecule has 2 aromatic rings. The molecule has 0 spiro atoms. The smallest absolute Gasteiger partial charge is 0.100 e. The van der Waals surface area contributed by atoms with E-state index in [1.165, 1.54) is 16.5 Å². The van der Waals surface area contributed by atoms with Crippen molar-refractivity contribution in [1.82, 2.24) is 4.98 Å². The second-order valence-electron chi connectivity index (χ2n) is 3.79. The first-order valence-corrected chi connectivity index (χ1v) is 7.79. The summed E-state index contributed by atoms with van der Waals surface area (Å²) in [5.74, 6) is 1.03. The minimum atomic E-state index is 1.03. The fraction of sp³-hybridized carbons (Fsp3) is 0.308. The Morgan fingerprint density at radius 1 is 1.19 bits per heavy atom. The summed E-state index contributed by atoms with van der Waals surface area (Å²) in [5.41, 5.74) is 3.72. The van der Waals surface area contributed by atoms with Gasteiger partial charge in [-0.2, -0.15) is 11.8 Å². The SMILES string of the molecule is CSCc1cc2ccc(C)cc2nc1SC. The lowest BCUT2D eigenvalue weighted by Gasteiger charge is -2.08. The van der Waals surface area contributed by atoms with Crippen molar-refractivity contribution < 1.29 is 0 Å². The van der Waals surface area contributed by atoms with Crippen LogP contribution in [0.4, 0.5) is 0 Å². The lowest BCUT2D eigenvalue weighted by atomic mass is 10.1. The lowest BCUT2D eigenvalue weighted by molar-refractivity contribution is 1.11. The molecular weight excluding hydrogens is 234 g/mol. The summed E-state index contributed by atoms with van der Waals surface area (Å²) >= 11 is 3.57. The molecule has 0 aliphatic heterocycles. The van der Waals surface area contributed by atoms with Crippen LogP contribution in [0.3, 0.4) is 0 Å². The van der Waals surface area contributed by atoms with Crippen LogP contribution in [0.15, 0.2) is 29.3 Å². The van der Waals surface area contributed by atoms with Crippen LogP contribution in [0.1, 0.15) is 11.1 Å². The second-order valence-corrected chi connectivity index (χ2v) is 5.45. The van der Waals surface area contributed by atoms with E-state index in [4.69, 9.17) is 4.98 Å². The molecule has 0 radical (unpaired) electrons. The van der Waals surface area contributed by atoms with Crippen LogP contribution in [0.2, 0.25) is 0 Å². The van der Waals surface area contributed by atoms with E-state index in [-0.39, 0.29) is 0 Å². The minimum absolute atomic E-state index is 1.03. The molecule has 0 atom stereocenters. The van der Waals surface area contributed by atoms with Gasteiger partial charge in [0.1, 0.15) is 5.03 Å². The predicted molar refractivity (Wildman–Crippen MR) is 75.5 cm³/mol. The fourth-order valence-corrected chi connectivity index (χ4v) is 2.94. The number of hydrogen-bond donors (Lipinski definition) is 0. The van der Waals surface area contributed by atoms with E-state index in [1.54, 1.807) is 11.8 Å². The number of hydrogen-bond acceptors (Lipinski definition) is 3. The minimum Gasteiger partial charge on any atom is -0.241 e. The van der Waals surface area contributed by atoms with Crippen LogP contribution in [0.25, 0.3) is 10.9 Å². The standard InChI is InChI=1S/C13H15NS2/c1-9-4-5-10-7-11(8-15-2)13(16-3)14-12(10)6-9/h4-7H,8H2,1-3H3. The normalized spacial score (nSPS) is 10.9. The highest BCUT2D eigenvalue weighted by atomic mass is 32.2. The molecule has 2 rings (SSSR count). The number of aryl methyl sites for hydroxylation is 1. The summed E-state index contributed by atoms with van der Waals surface area (Å²) in [6.45, 7) is 2.11. The zero-order valence-corrected chi connectivity index (χ0v) is 11.4. The molecule has 0 fully saturated rings. The van der Waals surface area contributed by atoms with Gasteiger partial charge in [0.2, 0.25) is 0 Å². The molecule has 1 heterocycles. The molecule has 0 saturated heterocycles. The van der Waals surface area contributed by atoms with Gasteiger partial charge in [-0.15, -0.1) is 11.8 Å². The Labute approximate surface area is 105 Å².